The number of rotatable bonds is 9. The molecule has 280 valence electrons. The number of fused-ring (bicyclic) bond motifs is 2. The molecular weight excluding hydrogens is 686 g/mol. The topological polar surface area (TPSA) is 118 Å². The molecule has 4 aliphatic rings. The van der Waals surface area contributed by atoms with Crippen LogP contribution in [0.25, 0.3) is 11.1 Å². The monoisotopic (exact) mass is 730 g/mol. The summed E-state index contributed by atoms with van der Waals surface area (Å²) in [5.74, 6) is -2.94. The van der Waals surface area contributed by atoms with Gasteiger partial charge in [0.2, 0.25) is 5.91 Å². The predicted octanol–water partition coefficient (Wildman–Crippen LogP) is 6.49. The van der Waals surface area contributed by atoms with Gasteiger partial charge in [0.15, 0.2) is 5.75 Å². The van der Waals surface area contributed by atoms with Crippen molar-refractivity contribution in [3.05, 3.63) is 77.4 Å². The van der Waals surface area contributed by atoms with Gasteiger partial charge in [0, 0.05) is 57.2 Å². The van der Waals surface area contributed by atoms with Crippen LogP contribution in [0.2, 0.25) is 0 Å². The van der Waals surface area contributed by atoms with Crippen molar-refractivity contribution < 1.29 is 42.2 Å². The fraction of sp³-hybridized carbons (Fsp3) is 0.450. The van der Waals surface area contributed by atoms with Crippen LogP contribution in [0.1, 0.15) is 73.9 Å². The first-order valence-corrected chi connectivity index (χ1v) is 18.1. The maximum atomic E-state index is 15.0. The second-order valence-electron chi connectivity index (χ2n) is 15.1. The van der Waals surface area contributed by atoms with E-state index in [4.69, 9.17) is 14.2 Å². The first-order chi connectivity index (χ1) is 25.2. The quantitative estimate of drug-likeness (QED) is 0.250. The van der Waals surface area contributed by atoms with E-state index < -0.39 is 29.6 Å². The molecule has 0 unspecified atom stereocenters. The summed E-state index contributed by atoms with van der Waals surface area (Å²) in [6, 6.07) is 18.1. The van der Waals surface area contributed by atoms with Crippen molar-refractivity contribution >= 4 is 35.2 Å². The molecule has 13 heteroatoms. The van der Waals surface area contributed by atoms with Crippen LogP contribution in [-0.4, -0.2) is 79.8 Å². The molecule has 3 aromatic rings. The molecule has 0 aromatic heterocycles. The number of benzene rings is 3. The van der Waals surface area contributed by atoms with E-state index in [1.807, 2.05) is 42.5 Å². The lowest BCUT2D eigenvalue weighted by molar-refractivity contribution is -0.192. The van der Waals surface area contributed by atoms with Gasteiger partial charge >= 0.3 is 18.1 Å². The molecule has 1 N–H and O–H groups in total. The van der Waals surface area contributed by atoms with Gasteiger partial charge in [-0.1, -0.05) is 36.4 Å². The molecule has 1 saturated heterocycles. The van der Waals surface area contributed by atoms with E-state index in [9.17, 15) is 23.2 Å². The van der Waals surface area contributed by atoms with Crippen LogP contribution >= 0.6 is 0 Å². The Labute approximate surface area is 307 Å². The van der Waals surface area contributed by atoms with Gasteiger partial charge in [-0.15, -0.1) is 0 Å². The van der Waals surface area contributed by atoms with E-state index in [0.29, 0.717) is 37.2 Å². The van der Waals surface area contributed by atoms with Crippen molar-refractivity contribution in [1.82, 2.24) is 10.2 Å². The Kier molecular flexibility index (Phi) is 9.64. The van der Waals surface area contributed by atoms with Crippen LogP contribution in [0, 0.1) is 5.92 Å². The largest absolute Gasteiger partial charge is 0.482 e. The summed E-state index contributed by atoms with van der Waals surface area (Å²) in [7, 11) is 1.49. The van der Waals surface area contributed by atoms with E-state index in [1.165, 1.54) is 13.2 Å². The highest BCUT2D eigenvalue weighted by molar-refractivity contribution is 6.03. The smallest absolute Gasteiger partial charge is 0.444 e. The Morgan fingerprint density at radius 2 is 1.79 bits per heavy atom. The lowest BCUT2D eigenvalue weighted by atomic mass is 9.78. The Morgan fingerprint density at radius 3 is 2.53 bits per heavy atom. The first kappa shape index (κ1) is 36.3. The summed E-state index contributed by atoms with van der Waals surface area (Å²) < 4.78 is 45.0. The number of nitrogens with one attached hydrogen (secondary N) is 1. The van der Waals surface area contributed by atoms with Gasteiger partial charge in [0.1, 0.15) is 5.60 Å². The average molecular weight is 731 g/mol. The Morgan fingerprint density at radius 1 is 1.02 bits per heavy atom. The summed E-state index contributed by atoms with van der Waals surface area (Å²) in [5.41, 5.74) is 4.15. The summed E-state index contributed by atoms with van der Waals surface area (Å²) in [5, 5.41) is 2.86. The molecule has 11 nitrogen and oxygen atoms in total. The van der Waals surface area contributed by atoms with Crippen LogP contribution < -0.4 is 19.9 Å². The van der Waals surface area contributed by atoms with Gasteiger partial charge in [-0.25, -0.2) is 4.79 Å². The average Bonchev–Trinajstić information content (AvgIpc) is 3.89. The number of nitrogens with zero attached hydrogens (tertiary/aromatic N) is 3. The maximum absolute atomic E-state index is 15.0. The number of ether oxygens (including phenoxy) is 3. The van der Waals surface area contributed by atoms with Gasteiger partial charge in [-0.05, 0) is 98.9 Å². The van der Waals surface area contributed by atoms with E-state index in [0.717, 1.165) is 40.0 Å². The molecule has 0 bridgehead atoms. The molecule has 0 spiro atoms. The number of piperidine rings is 1. The number of halogens is 2. The molecular formula is C40H44F2N4O7. The number of methoxy groups -OCH3 is 1. The van der Waals surface area contributed by atoms with Gasteiger partial charge in [0.25, 0.3) is 5.91 Å². The number of likely N-dealkylation sites (tertiary alicyclic amines) is 1. The predicted molar refractivity (Wildman–Crippen MR) is 193 cm³/mol. The number of amides is 4. The fourth-order valence-electron chi connectivity index (χ4n) is 7.45. The van der Waals surface area contributed by atoms with E-state index in [2.05, 4.69) is 5.32 Å². The Balaban J connectivity index is 1.24. The lowest BCUT2D eigenvalue weighted by Crippen LogP contribution is -2.52. The number of anilines is 2. The minimum Gasteiger partial charge on any atom is -0.444 e. The first-order valence-electron chi connectivity index (χ1n) is 18.1. The van der Waals surface area contributed by atoms with E-state index >= 15 is 4.79 Å². The van der Waals surface area contributed by atoms with Crippen LogP contribution in [-0.2, 0) is 25.6 Å². The van der Waals surface area contributed by atoms with E-state index in [1.54, 1.807) is 42.7 Å². The number of carbonyl (C=O) groups is 4. The molecule has 3 aromatic carbocycles. The number of hydrogen-bond acceptors (Lipinski definition) is 7. The molecule has 2 atom stereocenters. The second-order valence-corrected chi connectivity index (χ2v) is 15.1. The van der Waals surface area contributed by atoms with E-state index in [-0.39, 0.29) is 54.9 Å². The Hall–Kier alpha value is -5.04. The fourth-order valence-corrected chi connectivity index (χ4v) is 7.45. The molecule has 3 heterocycles. The van der Waals surface area contributed by atoms with Crippen molar-refractivity contribution in [3.8, 4) is 16.9 Å². The third-order valence-electron chi connectivity index (χ3n) is 10.1. The summed E-state index contributed by atoms with van der Waals surface area (Å²) in [4.78, 5) is 58.0. The maximum Gasteiger partial charge on any atom is 0.482 e. The lowest BCUT2D eigenvalue weighted by Gasteiger charge is -2.41. The molecule has 1 saturated carbocycles. The zero-order valence-electron chi connectivity index (χ0n) is 30.3. The third-order valence-corrected chi connectivity index (χ3v) is 10.1. The van der Waals surface area contributed by atoms with Gasteiger partial charge in [-0.2, -0.15) is 8.78 Å². The molecule has 53 heavy (non-hydrogen) atoms. The zero-order valence-corrected chi connectivity index (χ0v) is 30.3. The van der Waals surface area contributed by atoms with Crippen molar-refractivity contribution in [2.24, 2.45) is 5.92 Å². The van der Waals surface area contributed by atoms with Crippen molar-refractivity contribution in [3.63, 3.8) is 0 Å². The highest BCUT2D eigenvalue weighted by atomic mass is 19.3. The molecule has 2 fully saturated rings. The van der Waals surface area contributed by atoms with Gasteiger partial charge in [-0.3, -0.25) is 14.4 Å². The van der Waals surface area contributed by atoms with Gasteiger partial charge < -0.3 is 34.2 Å². The highest BCUT2D eigenvalue weighted by Gasteiger charge is 2.51. The SMILES string of the molecule is COCCCN1C(=O)C(F)(F)Oc2ccc(N(C(=O)[C@H]3CN(C(=O)OC(C)(C)C)CC[C@@H]3c3cccc(-c4ccc5c(c4)C(=O)NC5)c3)C3CC3)cc21. The van der Waals surface area contributed by atoms with Gasteiger partial charge in [0.05, 0.1) is 11.6 Å². The zero-order chi connectivity index (χ0) is 37.7. The molecule has 1 aliphatic carbocycles. The van der Waals surface area contributed by atoms with Crippen molar-refractivity contribution in [1.29, 1.82) is 0 Å². The highest BCUT2D eigenvalue weighted by Crippen LogP contribution is 2.45. The minimum atomic E-state index is -4.03. The minimum absolute atomic E-state index is 0.0275. The van der Waals surface area contributed by atoms with Crippen LogP contribution in [0.4, 0.5) is 25.0 Å². The van der Waals surface area contributed by atoms with Crippen LogP contribution in [0.3, 0.4) is 0 Å². The number of carbonyl (C=O) groups excluding carboxylic acids is 4. The summed E-state index contributed by atoms with van der Waals surface area (Å²) in [6.45, 7) is 6.59. The number of hydrogen-bond donors (Lipinski definition) is 1. The second kappa shape index (κ2) is 14.1. The normalized spacial score (nSPS) is 20.6. The Bertz CT molecular complexity index is 1940. The van der Waals surface area contributed by atoms with Crippen molar-refractivity contribution in [2.75, 3.05) is 43.2 Å². The van der Waals surface area contributed by atoms with Crippen molar-refractivity contribution in [2.45, 2.75) is 76.7 Å². The molecule has 7 rings (SSSR count). The summed E-state index contributed by atoms with van der Waals surface area (Å²) >= 11 is 0. The van der Waals surface area contributed by atoms with Crippen LogP contribution in [0.15, 0.2) is 60.7 Å². The molecule has 3 aliphatic heterocycles. The van der Waals surface area contributed by atoms with Crippen LogP contribution in [0.5, 0.6) is 5.75 Å². The third kappa shape index (κ3) is 7.44. The number of alkyl halides is 2. The summed E-state index contributed by atoms with van der Waals surface area (Å²) in [6.07, 6.45) is -2.26. The molecule has 0 radical (unpaired) electrons. The standard InChI is InChI=1S/C40H44F2N4O7/c1-39(2,3)53-38(50)44-17-15-30(26-8-5-7-24(19-26)25-9-10-27-22-43-35(47)31(27)20-25)32(23-44)36(48)46(28-11-12-28)29-13-14-34-33(21-29)45(16-6-18-51-4)37(49)40(41,42)52-34/h5,7-10,13-14,19-21,28,30,32H,6,11-12,15-18,22-23H2,1-4H3,(H,43,47)/t30-,32+/m1/s1. The molecule has 4 amide bonds.